The van der Waals surface area contributed by atoms with Crippen LogP contribution in [0.1, 0.15) is 45.1 Å². The molecular formula is C18H27N. The third-order valence-electron chi connectivity index (χ3n) is 5.36. The minimum atomic E-state index is 0.536. The molecule has 1 aromatic carbocycles. The molecule has 3 rings (SSSR count). The highest BCUT2D eigenvalue weighted by atomic mass is 14.9. The van der Waals surface area contributed by atoms with Crippen LogP contribution in [0.4, 0.5) is 0 Å². The van der Waals surface area contributed by atoms with E-state index < -0.39 is 0 Å². The van der Waals surface area contributed by atoms with Crippen molar-refractivity contribution in [2.45, 2.75) is 52.0 Å². The zero-order chi connectivity index (χ0) is 13.3. The SMILES string of the molecule is CC(C)NCC1(Cc2ccccc2)CC2CCC1C2. The van der Waals surface area contributed by atoms with Crippen molar-refractivity contribution in [3.63, 3.8) is 0 Å². The molecule has 3 unspecified atom stereocenters. The van der Waals surface area contributed by atoms with Gasteiger partial charge in [0.2, 0.25) is 0 Å². The highest BCUT2D eigenvalue weighted by Crippen LogP contribution is 2.57. The van der Waals surface area contributed by atoms with Crippen LogP contribution in [0.25, 0.3) is 0 Å². The van der Waals surface area contributed by atoms with Gasteiger partial charge < -0.3 is 5.32 Å². The number of hydrogen-bond acceptors (Lipinski definition) is 1. The first kappa shape index (κ1) is 13.2. The molecule has 2 saturated carbocycles. The Morgan fingerprint density at radius 2 is 2.00 bits per heavy atom. The Balaban J connectivity index is 1.77. The van der Waals surface area contributed by atoms with E-state index in [0.29, 0.717) is 11.5 Å². The molecule has 0 spiro atoms. The van der Waals surface area contributed by atoms with Crippen LogP contribution < -0.4 is 5.32 Å². The van der Waals surface area contributed by atoms with Gasteiger partial charge in [-0.05, 0) is 48.5 Å². The topological polar surface area (TPSA) is 12.0 Å². The molecule has 0 aromatic heterocycles. The average molecular weight is 257 g/mol. The highest BCUT2D eigenvalue weighted by Gasteiger charge is 2.50. The van der Waals surface area contributed by atoms with E-state index >= 15 is 0 Å². The van der Waals surface area contributed by atoms with E-state index in [0.717, 1.165) is 11.8 Å². The van der Waals surface area contributed by atoms with Crippen LogP contribution >= 0.6 is 0 Å². The Bertz CT molecular complexity index is 411. The van der Waals surface area contributed by atoms with E-state index in [2.05, 4.69) is 49.5 Å². The Labute approximate surface area is 117 Å². The molecule has 104 valence electrons. The molecule has 0 aliphatic heterocycles. The van der Waals surface area contributed by atoms with Crippen molar-refractivity contribution in [2.75, 3.05) is 6.54 Å². The van der Waals surface area contributed by atoms with Crippen LogP contribution in [0, 0.1) is 17.3 Å². The number of rotatable bonds is 5. The van der Waals surface area contributed by atoms with E-state index in [4.69, 9.17) is 0 Å². The minimum absolute atomic E-state index is 0.536. The molecule has 2 aliphatic rings. The second-order valence-corrected chi connectivity index (χ2v) is 7.14. The maximum absolute atomic E-state index is 3.73. The fraction of sp³-hybridized carbons (Fsp3) is 0.667. The lowest BCUT2D eigenvalue weighted by Crippen LogP contribution is -2.42. The van der Waals surface area contributed by atoms with E-state index in [1.165, 1.54) is 44.2 Å². The number of nitrogens with one attached hydrogen (secondary N) is 1. The first-order valence-corrected chi connectivity index (χ1v) is 7.95. The summed E-state index contributed by atoms with van der Waals surface area (Å²) in [5.41, 5.74) is 2.06. The van der Waals surface area contributed by atoms with Crippen molar-refractivity contribution in [3.8, 4) is 0 Å². The van der Waals surface area contributed by atoms with Crippen LogP contribution in [0.5, 0.6) is 0 Å². The lowest BCUT2D eigenvalue weighted by atomic mass is 9.69. The molecule has 1 heteroatoms. The van der Waals surface area contributed by atoms with Gasteiger partial charge in [0.15, 0.2) is 0 Å². The fourth-order valence-electron chi connectivity index (χ4n) is 4.46. The van der Waals surface area contributed by atoms with Gasteiger partial charge in [0.1, 0.15) is 0 Å². The van der Waals surface area contributed by atoms with Gasteiger partial charge in [-0.1, -0.05) is 50.6 Å². The van der Waals surface area contributed by atoms with Crippen molar-refractivity contribution in [1.82, 2.24) is 5.32 Å². The summed E-state index contributed by atoms with van der Waals surface area (Å²) in [6, 6.07) is 11.7. The Hall–Kier alpha value is -0.820. The monoisotopic (exact) mass is 257 g/mol. The van der Waals surface area contributed by atoms with Crippen molar-refractivity contribution < 1.29 is 0 Å². The van der Waals surface area contributed by atoms with Gasteiger partial charge in [-0.15, -0.1) is 0 Å². The van der Waals surface area contributed by atoms with Crippen LogP contribution in [0.3, 0.4) is 0 Å². The molecule has 1 nitrogen and oxygen atoms in total. The molecule has 19 heavy (non-hydrogen) atoms. The summed E-state index contributed by atoms with van der Waals surface area (Å²) in [6.07, 6.45) is 7.17. The molecule has 2 bridgehead atoms. The first-order valence-electron chi connectivity index (χ1n) is 7.95. The van der Waals surface area contributed by atoms with Crippen LogP contribution in [0.15, 0.2) is 30.3 Å². The van der Waals surface area contributed by atoms with Crippen molar-refractivity contribution >= 4 is 0 Å². The van der Waals surface area contributed by atoms with Crippen molar-refractivity contribution in [1.29, 1.82) is 0 Å². The van der Waals surface area contributed by atoms with Gasteiger partial charge in [0.25, 0.3) is 0 Å². The smallest absolute Gasteiger partial charge is 0.00161 e. The third kappa shape index (κ3) is 2.72. The molecule has 0 amide bonds. The highest BCUT2D eigenvalue weighted by molar-refractivity contribution is 5.19. The predicted molar refractivity (Wildman–Crippen MR) is 81.2 cm³/mol. The normalized spacial score (nSPS) is 33.2. The zero-order valence-corrected chi connectivity index (χ0v) is 12.4. The second kappa shape index (κ2) is 5.28. The molecule has 1 aromatic rings. The molecule has 0 saturated heterocycles. The average Bonchev–Trinajstić information content (AvgIpc) is 2.98. The summed E-state index contributed by atoms with van der Waals surface area (Å²) < 4.78 is 0. The summed E-state index contributed by atoms with van der Waals surface area (Å²) in [7, 11) is 0. The first-order chi connectivity index (χ1) is 9.18. The Morgan fingerprint density at radius 3 is 2.58 bits per heavy atom. The predicted octanol–water partition coefficient (Wildman–Crippen LogP) is 4.03. The molecule has 0 heterocycles. The number of fused-ring (bicyclic) bond motifs is 2. The standard InChI is InChI=1S/C18H27N/c1-14(2)19-13-18(11-15-6-4-3-5-7-15)12-16-8-9-17(18)10-16/h3-7,14,16-17,19H,8-13H2,1-2H3. The summed E-state index contributed by atoms with van der Waals surface area (Å²) in [5, 5.41) is 3.73. The van der Waals surface area contributed by atoms with Crippen molar-refractivity contribution in [2.24, 2.45) is 17.3 Å². The van der Waals surface area contributed by atoms with Crippen LogP contribution in [0.2, 0.25) is 0 Å². The molecule has 0 radical (unpaired) electrons. The molecule has 3 atom stereocenters. The van der Waals surface area contributed by atoms with E-state index in [1.54, 1.807) is 0 Å². The Kier molecular flexibility index (Phi) is 3.66. The van der Waals surface area contributed by atoms with Gasteiger partial charge in [-0.25, -0.2) is 0 Å². The van der Waals surface area contributed by atoms with E-state index in [1.807, 2.05) is 0 Å². The Morgan fingerprint density at radius 1 is 1.21 bits per heavy atom. The lowest BCUT2D eigenvalue weighted by Gasteiger charge is -2.39. The van der Waals surface area contributed by atoms with Gasteiger partial charge in [0, 0.05) is 12.6 Å². The molecular weight excluding hydrogens is 230 g/mol. The molecule has 1 N–H and O–H groups in total. The minimum Gasteiger partial charge on any atom is -0.314 e. The third-order valence-corrected chi connectivity index (χ3v) is 5.36. The maximum Gasteiger partial charge on any atom is 0.00161 e. The summed E-state index contributed by atoms with van der Waals surface area (Å²) in [5.74, 6) is 1.98. The van der Waals surface area contributed by atoms with E-state index in [9.17, 15) is 0 Å². The lowest BCUT2D eigenvalue weighted by molar-refractivity contribution is 0.152. The zero-order valence-electron chi connectivity index (χ0n) is 12.4. The van der Waals surface area contributed by atoms with Crippen LogP contribution in [-0.4, -0.2) is 12.6 Å². The van der Waals surface area contributed by atoms with Gasteiger partial charge in [-0.3, -0.25) is 0 Å². The summed E-state index contributed by atoms with van der Waals surface area (Å²) >= 11 is 0. The fourth-order valence-corrected chi connectivity index (χ4v) is 4.46. The van der Waals surface area contributed by atoms with Gasteiger partial charge in [-0.2, -0.15) is 0 Å². The number of hydrogen-bond donors (Lipinski definition) is 1. The van der Waals surface area contributed by atoms with Gasteiger partial charge in [0.05, 0.1) is 0 Å². The molecule has 2 fully saturated rings. The maximum atomic E-state index is 3.73. The summed E-state index contributed by atoms with van der Waals surface area (Å²) in [4.78, 5) is 0. The quantitative estimate of drug-likeness (QED) is 0.839. The van der Waals surface area contributed by atoms with Crippen LogP contribution in [-0.2, 0) is 6.42 Å². The summed E-state index contributed by atoms with van der Waals surface area (Å²) in [6.45, 7) is 5.74. The van der Waals surface area contributed by atoms with E-state index in [-0.39, 0.29) is 0 Å². The van der Waals surface area contributed by atoms with Gasteiger partial charge >= 0.3 is 0 Å². The van der Waals surface area contributed by atoms with Crippen molar-refractivity contribution in [3.05, 3.63) is 35.9 Å². The second-order valence-electron chi connectivity index (χ2n) is 7.14. The largest absolute Gasteiger partial charge is 0.314 e. The number of benzene rings is 1. The molecule has 2 aliphatic carbocycles.